The molecule has 0 aromatic heterocycles. The normalized spacial score (nSPS) is 40.4. The lowest BCUT2D eigenvalue weighted by molar-refractivity contribution is -0.399. The zero-order valence-corrected chi connectivity index (χ0v) is 47.4. The Labute approximate surface area is 459 Å². The first-order valence-electron chi connectivity index (χ1n) is 28.8. The first-order valence-corrected chi connectivity index (χ1v) is 28.8. The smallest absolute Gasteiger partial charge is 0.311 e. The van der Waals surface area contributed by atoms with Crippen LogP contribution in [-0.2, 0) is 76.0 Å². The van der Waals surface area contributed by atoms with Gasteiger partial charge in [0.25, 0.3) is 0 Å². The lowest BCUT2D eigenvalue weighted by Gasteiger charge is -2.50. The number of hydrogen-bond donors (Lipinski definition) is 7. The Hall–Kier alpha value is -2.72. The molecule has 0 aromatic rings. The van der Waals surface area contributed by atoms with E-state index in [4.69, 9.17) is 56.8 Å². The highest BCUT2D eigenvalue weighted by molar-refractivity contribution is 5.73. The van der Waals surface area contributed by atoms with Gasteiger partial charge in [-0.1, -0.05) is 92.4 Å². The molecule has 78 heavy (non-hydrogen) atoms. The van der Waals surface area contributed by atoms with Crippen LogP contribution in [0.4, 0.5) is 0 Å². The molecule has 452 valence electrons. The van der Waals surface area contributed by atoms with Crippen molar-refractivity contribution in [2.24, 2.45) is 17.8 Å². The third-order valence-corrected chi connectivity index (χ3v) is 16.0. The SMILES string of the molecule is CCCCC[C@H]1CCCCCCCCCC(=O)O[C@@H]2[C@@H](O[C@@H]3O[C@H](C)[C@@H](OC(=O)[C@@H](C)CC)[C@H](O)[C@H]3O)[C@H](C)O[C@@H](O[C@H]3[C@H](O[C@H]4[C@H](O1)O[C@H](C)[C@@H](O)[C@@H]4O)O[C@H](COC(=O)[C@@H](C)[C@H](C)O)[C@@H](O)[C@@H]3O)[C@@H]2OC(=O)[C@@H](C)CC. The van der Waals surface area contributed by atoms with Crippen molar-refractivity contribution in [3.05, 3.63) is 0 Å². The van der Waals surface area contributed by atoms with E-state index in [0.29, 0.717) is 38.5 Å². The largest absolute Gasteiger partial charge is 0.463 e. The van der Waals surface area contributed by atoms with E-state index in [1.54, 1.807) is 34.6 Å². The van der Waals surface area contributed by atoms with Gasteiger partial charge in [0.15, 0.2) is 43.5 Å². The monoisotopic (exact) mass is 1120 g/mol. The fraction of sp³-hybridized carbons (Fsp3) is 0.927. The number of ether oxygens (including phenoxy) is 12. The van der Waals surface area contributed by atoms with Crippen molar-refractivity contribution >= 4 is 23.9 Å². The van der Waals surface area contributed by atoms with E-state index in [1.807, 2.05) is 0 Å². The lowest BCUT2D eigenvalue weighted by Crippen LogP contribution is -2.68. The summed E-state index contributed by atoms with van der Waals surface area (Å²) in [5, 5.41) is 80.1. The summed E-state index contributed by atoms with van der Waals surface area (Å²) in [4.78, 5) is 53.9. The van der Waals surface area contributed by atoms with Gasteiger partial charge < -0.3 is 92.6 Å². The molecule has 7 N–H and O–H groups in total. The van der Waals surface area contributed by atoms with E-state index in [1.165, 1.54) is 27.7 Å². The summed E-state index contributed by atoms with van der Waals surface area (Å²) in [5.74, 6) is -5.21. The van der Waals surface area contributed by atoms with Crippen LogP contribution in [0, 0.1) is 17.8 Å². The number of aliphatic hydroxyl groups is 7. The van der Waals surface area contributed by atoms with Gasteiger partial charge in [-0.2, -0.15) is 0 Å². The van der Waals surface area contributed by atoms with Crippen LogP contribution < -0.4 is 0 Å². The Morgan fingerprint density at radius 1 is 0.564 bits per heavy atom. The predicted molar refractivity (Wildman–Crippen MR) is 273 cm³/mol. The zero-order chi connectivity index (χ0) is 57.5. The van der Waals surface area contributed by atoms with E-state index in [0.717, 1.165) is 51.4 Å². The van der Waals surface area contributed by atoms with Crippen LogP contribution >= 0.6 is 0 Å². The summed E-state index contributed by atoms with van der Waals surface area (Å²) in [6.45, 7) is 15.6. The zero-order valence-electron chi connectivity index (χ0n) is 47.4. The predicted octanol–water partition coefficient (Wildman–Crippen LogP) is 3.14. The average molecular weight is 1120 g/mol. The van der Waals surface area contributed by atoms with Gasteiger partial charge in [0.2, 0.25) is 0 Å². The Morgan fingerprint density at radius 3 is 1.73 bits per heavy atom. The number of esters is 4. The number of carbonyl (C=O) groups excluding carboxylic acids is 4. The lowest BCUT2D eigenvalue weighted by atomic mass is 9.95. The average Bonchev–Trinajstić information content (AvgIpc) is 3.43. The fourth-order valence-electron chi connectivity index (χ4n) is 9.98. The van der Waals surface area contributed by atoms with Crippen LogP contribution in [-0.4, -0.2) is 201 Å². The summed E-state index contributed by atoms with van der Waals surface area (Å²) in [6.07, 6.45) is -23.0. The molecule has 5 fully saturated rings. The Morgan fingerprint density at radius 2 is 1.12 bits per heavy atom. The summed E-state index contributed by atoms with van der Waals surface area (Å²) < 4.78 is 74.7. The molecule has 23 heteroatoms. The van der Waals surface area contributed by atoms with E-state index < -0.39 is 177 Å². The van der Waals surface area contributed by atoms with Crippen LogP contribution in [0.2, 0.25) is 0 Å². The van der Waals surface area contributed by atoms with Crippen molar-refractivity contribution in [2.45, 2.75) is 301 Å². The van der Waals surface area contributed by atoms with Crippen molar-refractivity contribution in [1.29, 1.82) is 0 Å². The van der Waals surface area contributed by atoms with Gasteiger partial charge in [0, 0.05) is 6.42 Å². The second-order valence-electron chi connectivity index (χ2n) is 22.2. The first-order chi connectivity index (χ1) is 37.0. The number of rotatable bonds is 16. The van der Waals surface area contributed by atoms with Crippen LogP contribution in [0.25, 0.3) is 0 Å². The quantitative estimate of drug-likeness (QED) is 0.0663. The van der Waals surface area contributed by atoms with Gasteiger partial charge in [-0.3, -0.25) is 19.2 Å². The van der Waals surface area contributed by atoms with Crippen molar-refractivity contribution in [1.82, 2.24) is 0 Å². The van der Waals surface area contributed by atoms with Gasteiger partial charge in [-0.15, -0.1) is 0 Å². The highest BCUT2D eigenvalue weighted by Gasteiger charge is 2.58. The molecule has 5 aliphatic rings. The van der Waals surface area contributed by atoms with E-state index in [9.17, 15) is 54.9 Å². The summed E-state index contributed by atoms with van der Waals surface area (Å²) in [5.41, 5.74) is 0. The maximum absolute atomic E-state index is 14.1. The third kappa shape index (κ3) is 17.6. The van der Waals surface area contributed by atoms with Gasteiger partial charge in [0.05, 0.1) is 48.3 Å². The molecule has 0 aromatic carbocycles. The van der Waals surface area contributed by atoms with Crippen molar-refractivity contribution in [3.63, 3.8) is 0 Å². The molecular formula is C55H94O23. The topological polar surface area (TPSA) is 321 Å². The highest BCUT2D eigenvalue weighted by atomic mass is 16.8. The molecule has 0 spiro atoms. The maximum atomic E-state index is 14.1. The van der Waals surface area contributed by atoms with E-state index >= 15 is 0 Å². The minimum atomic E-state index is -2.02. The fourth-order valence-corrected chi connectivity index (χ4v) is 9.98. The maximum Gasteiger partial charge on any atom is 0.311 e. The minimum Gasteiger partial charge on any atom is -0.463 e. The Bertz CT molecular complexity index is 1830. The Kier molecular flexibility index (Phi) is 26.8. The number of fused-ring (bicyclic) bond motifs is 4. The molecule has 5 heterocycles. The molecule has 5 rings (SSSR count). The number of carbonyl (C=O) groups is 4. The van der Waals surface area contributed by atoms with Gasteiger partial charge in [0.1, 0.15) is 67.6 Å². The molecule has 23 nitrogen and oxygen atoms in total. The van der Waals surface area contributed by atoms with Crippen LogP contribution in [0.15, 0.2) is 0 Å². The van der Waals surface area contributed by atoms with Crippen LogP contribution in [0.3, 0.4) is 0 Å². The van der Waals surface area contributed by atoms with Gasteiger partial charge in [-0.25, -0.2) is 0 Å². The van der Waals surface area contributed by atoms with E-state index in [-0.39, 0.29) is 12.5 Å². The number of aliphatic hydroxyl groups excluding tert-OH is 7. The molecular weight excluding hydrogens is 1030 g/mol. The third-order valence-electron chi connectivity index (χ3n) is 16.0. The van der Waals surface area contributed by atoms with Crippen molar-refractivity contribution < 1.29 is 112 Å². The van der Waals surface area contributed by atoms with Crippen molar-refractivity contribution in [3.8, 4) is 0 Å². The minimum absolute atomic E-state index is 0.0645. The van der Waals surface area contributed by atoms with Gasteiger partial charge >= 0.3 is 23.9 Å². The second-order valence-corrected chi connectivity index (χ2v) is 22.2. The molecule has 0 saturated carbocycles. The number of hydrogen-bond acceptors (Lipinski definition) is 23. The first kappa shape index (κ1) is 66.1. The molecule has 5 saturated heterocycles. The van der Waals surface area contributed by atoms with E-state index in [2.05, 4.69) is 6.92 Å². The molecule has 2 bridgehead atoms. The van der Waals surface area contributed by atoms with Crippen LogP contribution in [0.5, 0.6) is 0 Å². The molecule has 0 amide bonds. The summed E-state index contributed by atoms with van der Waals surface area (Å²) in [7, 11) is 0. The second kappa shape index (κ2) is 31.6. The molecule has 25 atom stereocenters. The molecule has 0 radical (unpaired) electrons. The molecule has 5 aliphatic heterocycles. The van der Waals surface area contributed by atoms with Crippen molar-refractivity contribution in [2.75, 3.05) is 6.61 Å². The Balaban J connectivity index is 1.59. The molecule has 0 aliphatic carbocycles. The number of unbranched alkanes of at least 4 members (excludes halogenated alkanes) is 2. The highest BCUT2D eigenvalue weighted by Crippen LogP contribution is 2.38. The standard InChI is InChI=1S/C55H94O23/c1-11-14-20-23-34-24-21-18-16-15-17-19-22-25-36(57)73-47-44(76-52-42(63)41(62)43(32(9)69-52)74-49(64)27(4)12-2)33(10)70-55(48(47)75-50(65)28(5)13-3)78-46-40(61)38(59)35(26-67-51(66)29(6)30(7)56)72-54(46)77-45-39(60)37(58)31(8)68-53(45)71-34/h27-35,37-48,52-56,58-63H,11-26H2,1-10H3/t27-,28-,29-,30-,31+,32+,33-,34-,35+,37+,38+,39-,40-,41+,42+,43+,44-,45+,46+,47+,48+,52-,53-,54-,55-/m0/s1. The van der Waals surface area contributed by atoms with Crippen LogP contribution in [0.1, 0.15) is 166 Å². The van der Waals surface area contributed by atoms with Gasteiger partial charge in [-0.05, 0) is 66.7 Å². The summed E-state index contributed by atoms with van der Waals surface area (Å²) in [6, 6.07) is 0. The molecule has 0 unspecified atom stereocenters. The summed E-state index contributed by atoms with van der Waals surface area (Å²) >= 11 is 0.